The second-order valence-electron chi connectivity index (χ2n) is 3.76. The summed E-state index contributed by atoms with van der Waals surface area (Å²) in [6.45, 7) is 3.46. The van der Waals surface area contributed by atoms with Crippen LogP contribution < -0.4 is 4.90 Å². The highest BCUT2D eigenvalue weighted by Gasteiger charge is 2.21. The zero-order valence-corrected chi connectivity index (χ0v) is 8.69. The molecule has 82 valence electrons. The highest BCUT2D eigenvalue weighted by atomic mass is 16.4. The maximum atomic E-state index is 10.8. The fourth-order valence-corrected chi connectivity index (χ4v) is 1.80. The number of hydrogen-bond acceptors (Lipinski definition) is 4. The summed E-state index contributed by atoms with van der Waals surface area (Å²) in [5.41, 5.74) is 0.447. The smallest absolute Gasteiger partial charge is 0.373 e. The fourth-order valence-electron chi connectivity index (χ4n) is 1.80. The SMILES string of the molecule is Cc1nc(N2CCCCC2)oc1C(=O)O. The molecule has 0 spiro atoms. The summed E-state index contributed by atoms with van der Waals surface area (Å²) < 4.78 is 5.23. The van der Waals surface area contributed by atoms with Crippen molar-refractivity contribution in [1.82, 2.24) is 4.98 Å². The van der Waals surface area contributed by atoms with Gasteiger partial charge in [-0.2, -0.15) is 4.98 Å². The molecule has 2 heterocycles. The minimum Gasteiger partial charge on any atom is -0.475 e. The Morgan fingerprint density at radius 1 is 1.40 bits per heavy atom. The zero-order chi connectivity index (χ0) is 10.8. The first-order valence-corrected chi connectivity index (χ1v) is 5.14. The molecule has 0 bridgehead atoms. The molecule has 0 atom stereocenters. The highest BCUT2D eigenvalue weighted by Crippen LogP contribution is 2.21. The largest absolute Gasteiger partial charge is 0.475 e. The van der Waals surface area contributed by atoms with E-state index in [0.29, 0.717) is 11.7 Å². The number of piperidine rings is 1. The van der Waals surface area contributed by atoms with Gasteiger partial charge in [-0.15, -0.1) is 0 Å². The number of carboxylic acids is 1. The van der Waals surface area contributed by atoms with Crippen LogP contribution in [-0.4, -0.2) is 29.1 Å². The Morgan fingerprint density at radius 2 is 2.07 bits per heavy atom. The molecule has 1 aliphatic rings. The van der Waals surface area contributed by atoms with E-state index in [0.717, 1.165) is 25.9 Å². The number of carboxylic acid groups (broad SMARTS) is 1. The molecule has 0 radical (unpaired) electrons. The van der Waals surface area contributed by atoms with Crippen LogP contribution in [0.2, 0.25) is 0 Å². The van der Waals surface area contributed by atoms with E-state index in [-0.39, 0.29) is 5.76 Å². The van der Waals surface area contributed by atoms with Crippen LogP contribution in [0.1, 0.15) is 35.5 Å². The van der Waals surface area contributed by atoms with Crippen LogP contribution in [0, 0.1) is 6.92 Å². The summed E-state index contributed by atoms with van der Waals surface area (Å²) in [5.74, 6) is -1.10. The Balaban J connectivity index is 2.21. The lowest BCUT2D eigenvalue weighted by molar-refractivity contribution is 0.0662. The first-order chi connectivity index (χ1) is 7.18. The summed E-state index contributed by atoms with van der Waals surface area (Å²) in [4.78, 5) is 16.9. The van der Waals surface area contributed by atoms with Crippen molar-refractivity contribution in [3.05, 3.63) is 11.5 Å². The molecule has 5 nitrogen and oxygen atoms in total. The molecule has 2 rings (SSSR count). The predicted molar refractivity (Wildman–Crippen MR) is 54.3 cm³/mol. The Morgan fingerprint density at radius 3 is 2.60 bits per heavy atom. The second-order valence-corrected chi connectivity index (χ2v) is 3.76. The minimum atomic E-state index is -1.05. The van der Waals surface area contributed by atoms with Crippen molar-refractivity contribution < 1.29 is 14.3 Å². The lowest BCUT2D eigenvalue weighted by Crippen LogP contribution is -2.29. The van der Waals surface area contributed by atoms with Gasteiger partial charge in [-0.1, -0.05) is 0 Å². The summed E-state index contributed by atoms with van der Waals surface area (Å²) in [6.07, 6.45) is 3.45. The molecular weight excluding hydrogens is 196 g/mol. The average molecular weight is 210 g/mol. The van der Waals surface area contributed by atoms with Gasteiger partial charge in [0.05, 0.1) is 5.69 Å². The van der Waals surface area contributed by atoms with Gasteiger partial charge >= 0.3 is 5.97 Å². The van der Waals surface area contributed by atoms with E-state index in [2.05, 4.69) is 4.98 Å². The molecule has 0 amide bonds. The maximum Gasteiger partial charge on any atom is 0.373 e. The summed E-state index contributed by atoms with van der Waals surface area (Å²) in [6, 6.07) is 0.449. The molecular formula is C10H14N2O3. The lowest BCUT2D eigenvalue weighted by atomic mass is 10.1. The van der Waals surface area contributed by atoms with Gasteiger partial charge in [0.15, 0.2) is 0 Å². The van der Waals surface area contributed by atoms with E-state index in [1.54, 1.807) is 6.92 Å². The van der Waals surface area contributed by atoms with Gasteiger partial charge in [0.25, 0.3) is 6.01 Å². The van der Waals surface area contributed by atoms with E-state index in [9.17, 15) is 4.79 Å². The average Bonchev–Trinajstić information content (AvgIpc) is 2.62. The van der Waals surface area contributed by atoms with Crippen molar-refractivity contribution in [2.75, 3.05) is 18.0 Å². The number of aromatic carboxylic acids is 1. The molecule has 1 aromatic rings. The van der Waals surface area contributed by atoms with Gasteiger partial charge < -0.3 is 14.4 Å². The van der Waals surface area contributed by atoms with Gasteiger partial charge in [0, 0.05) is 13.1 Å². The second kappa shape index (κ2) is 3.92. The molecule has 1 aliphatic heterocycles. The third-order valence-corrected chi connectivity index (χ3v) is 2.61. The molecule has 0 unspecified atom stereocenters. The Labute approximate surface area is 87.7 Å². The number of oxazole rings is 1. The van der Waals surface area contributed by atoms with Crippen molar-refractivity contribution >= 4 is 12.0 Å². The molecule has 0 aromatic carbocycles. The number of rotatable bonds is 2. The van der Waals surface area contributed by atoms with E-state index < -0.39 is 5.97 Å². The first-order valence-electron chi connectivity index (χ1n) is 5.14. The first kappa shape index (κ1) is 10.0. The highest BCUT2D eigenvalue weighted by molar-refractivity contribution is 5.85. The van der Waals surface area contributed by atoms with E-state index in [1.807, 2.05) is 4.90 Å². The monoisotopic (exact) mass is 210 g/mol. The Bertz CT molecular complexity index is 367. The molecule has 1 fully saturated rings. The van der Waals surface area contributed by atoms with Crippen molar-refractivity contribution in [3.63, 3.8) is 0 Å². The van der Waals surface area contributed by atoms with Gasteiger partial charge in [-0.05, 0) is 26.2 Å². The number of nitrogens with zero attached hydrogens (tertiary/aromatic N) is 2. The number of hydrogen-bond donors (Lipinski definition) is 1. The number of carbonyl (C=O) groups is 1. The Hall–Kier alpha value is -1.52. The zero-order valence-electron chi connectivity index (χ0n) is 8.69. The lowest BCUT2D eigenvalue weighted by Gasteiger charge is -2.24. The third-order valence-electron chi connectivity index (χ3n) is 2.61. The van der Waals surface area contributed by atoms with Gasteiger partial charge in [0.1, 0.15) is 0 Å². The summed E-state index contributed by atoms with van der Waals surface area (Å²) in [5, 5.41) is 8.83. The number of anilines is 1. The van der Waals surface area contributed by atoms with E-state index in [1.165, 1.54) is 6.42 Å². The van der Waals surface area contributed by atoms with E-state index in [4.69, 9.17) is 9.52 Å². The van der Waals surface area contributed by atoms with Crippen molar-refractivity contribution in [2.45, 2.75) is 26.2 Å². The quantitative estimate of drug-likeness (QED) is 0.804. The molecule has 1 N–H and O–H groups in total. The topological polar surface area (TPSA) is 66.6 Å². The maximum absolute atomic E-state index is 10.8. The van der Waals surface area contributed by atoms with Crippen LogP contribution in [-0.2, 0) is 0 Å². The van der Waals surface area contributed by atoms with Crippen molar-refractivity contribution in [1.29, 1.82) is 0 Å². The normalized spacial score (nSPS) is 16.7. The molecule has 1 saturated heterocycles. The molecule has 5 heteroatoms. The number of aryl methyl sites for hydroxylation is 1. The van der Waals surface area contributed by atoms with E-state index >= 15 is 0 Å². The van der Waals surface area contributed by atoms with Crippen LogP contribution in [0.25, 0.3) is 0 Å². The van der Waals surface area contributed by atoms with Gasteiger partial charge in [0.2, 0.25) is 5.76 Å². The summed E-state index contributed by atoms with van der Waals surface area (Å²) in [7, 11) is 0. The molecule has 0 aliphatic carbocycles. The minimum absolute atomic E-state index is 0.0458. The van der Waals surface area contributed by atoms with Crippen LogP contribution in [0.15, 0.2) is 4.42 Å². The van der Waals surface area contributed by atoms with Gasteiger partial charge in [-0.3, -0.25) is 0 Å². The Kier molecular flexibility index (Phi) is 2.62. The molecule has 15 heavy (non-hydrogen) atoms. The molecule has 0 saturated carbocycles. The van der Waals surface area contributed by atoms with Crippen LogP contribution in [0.3, 0.4) is 0 Å². The fraction of sp³-hybridized carbons (Fsp3) is 0.600. The van der Waals surface area contributed by atoms with Crippen LogP contribution in [0.5, 0.6) is 0 Å². The van der Waals surface area contributed by atoms with Crippen LogP contribution in [0.4, 0.5) is 6.01 Å². The summed E-state index contributed by atoms with van der Waals surface area (Å²) >= 11 is 0. The molecule has 1 aromatic heterocycles. The van der Waals surface area contributed by atoms with Crippen molar-refractivity contribution in [2.24, 2.45) is 0 Å². The number of aromatic nitrogens is 1. The van der Waals surface area contributed by atoms with Gasteiger partial charge in [-0.25, -0.2) is 4.79 Å². The van der Waals surface area contributed by atoms with Crippen LogP contribution >= 0.6 is 0 Å². The standard InChI is InChI=1S/C10H14N2O3/c1-7-8(9(13)14)15-10(11-7)12-5-3-2-4-6-12/h2-6H2,1H3,(H,13,14). The third kappa shape index (κ3) is 1.95. The predicted octanol–water partition coefficient (Wildman–Crippen LogP) is 1.67. The van der Waals surface area contributed by atoms with Crippen molar-refractivity contribution in [3.8, 4) is 0 Å².